The minimum Gasteiger partial charge on any atom is -0.482 e. The average Bonchev–Trinajstić information content (AvgIpc) is 3.02. The number of carbonyl (C=O) groups excluding carboxylic acids is 4. The predicted octanol–water partition coefficient (Wildman–Crippen LogP) is 3.22. The van der Waals surface area contributed by atoms with Crippen LogP contribution in [0, 0.1) is 6.92 Å². The standard InChI is InChI=1S/C22H20N2O6S/c1-14-3-7-16(8-4-14)23-19(25)12-24-21(27)18(31-22(24)28)11-15-5-9-17(10-6-15)30-13-20(26)29-2/h3-11H,12-13H2,1-2H3,(H,23,25)/b18-11-. The Kier molecular flexibility index (Phi) is 7.09. The van der Waals surface area contributed by atoms with Gasteiger partial charge >= 0.3 is 5.97 Å². The van der Waals surface area contributed by atoms with Crippen molar-refractivity contribution in [3.63, 3.8) is 0 Å². The van der Waals surface area contributed by atoms with Crippen molar-refractivity contribution in [1.29, 1.82) is 0 Å². The van der Waals surface area contributed by atoms with Gasteiger partial charge in [-0.2, -0.15) is 0 Å². The first-order chi connectivity index (χ1) is 14.9. The molecule has 1 fully saturated rings. The molecule has 0 aliphatic carbocycles. The summed E-state index contributed by atoms with van der Waals surface area (Å²) >= 11 is 0.774. The van der Waals surface area contributed by atoms with Crippen molar-refractivity contribution in [1.82, 2.24) is 4.90 Å². The Labute approximate surface area is 183 Å². The van der Waals surface area contributed by atoms with Crippen molar-refractivity contribution in [3.8, 4) is 5.75 Å². The van der Waals surface area contributed by atoms with E-state index in [0.29, 0.717) is 17.0 Å². The fraction of sp³-hybridized carbons (Fsp3) is 0.182. The highest BCUT2D eigenvalue weighted by atomic mass is 32.2. The maximum atomic E-state index is 12.6. The average molecular weight is 440 g/mol. The molecule has 0 spiro atoms. The Morgan fingerprint density at radius 2 is 1.74 bits per heavy atom. The highest BCUT2D eigenvalue weighted by molar-refractivity contribution is 8.18. The van der Waals surface area contributed by atoms with Crippen molar-refractivity contribution < 1.29 is 28.7 Å². The van der Waals surface area contributed by atoms with E-state index in [1.165, 1.54) is 7.11 Å². The number of benzene rings is 2. The minimum absolute atomic E-state index is 0.209. The molecule has 1 heterocycles. The number of ether oxygens (including phenoxy) is 2. The summed E-state index contributed by atoms with van der Waals surface area (Å²) in [6.45, 7) is 1.36. The van der Waals surface area contributed by atoms with Gasteiger partial charge in [0.25, 0.3) is 11.1 Å². The number of carbonyl (C=O) groups is 4. The second-order valence-corrected chi connectivity index (χ2v) is 7.61. The van der Waals surface area contributed by atoms with Gasteiger partial charge in [-0.05, 0) is 54.6 Å². The van der Waals surface area contributed by atoms with Crippen LogP contribution in [0.25, 0.3) is 6.08 Å². The van der Waals surface area contributed by atoms with Gasteiger partial charge in [-0.15, -0.1) is 0 Å². The van der Waals surface area contributed by atoms with Crippen molar-refractivity contribution >= 4 is 46.5 Å². The summed E-state index contributed by atoms with van der Waals surface area (Å²) in [7, 11) is 1.27. The third kappa shape index (κ3) is 5.95. The van der Waals surface area contributed by atoms with Gasteiger partial charge in [-0.25, -0.2) is 4.79 Å². The van der Waals surface area contributed by atoms with Crippen molar-refractivity contribution in [2.45, 2.75) is 6.92 Å². The number of amides is 3. The van der Waals surface area contributed by atoms with Crippen LogP contribution >= 0.6 is 11.8 Å². The van der Waals surface area contributed by atoms with Crippen LogP contribution in [0.3, 0.4) is 0 Å². The van der Waals surface area contributed by atoms with Crippen LogP contribution in [0.4, 0.5) is 10.5 Å². The lowest BCUT2D eigenvalue weighted by Gasteiger charge is -2.12. The van der Waals surface area contributed by atoms with Gasteiger partial charge in [-0.3, -0.25) is 19.3 Å². The second-order valence-electron chi connectivity index (χ2n) is 6.62. The van der Waals surface area contributed by atoms with Gasteiger partial charge in [0.2, 0.25) is 5.91 Å². The van der Waals surface area contributed by atoms with Crippen LogP contribution in [0.5, 0.6) is 5.75 Å². The normalized spacial score (nSPS) is 14.6. The lowest BCUT2D eigenvalue weighted by molar-refractivity contribution is -0.142. The topological polar surface area (TPSA) is 102 Å². The van der Waals surface area contributed by atoms with Gasteiger partial charge in [0.05, 0.1) is 12.0 Å². The summed E-state index contributed by atoms with van der Waals surface area (Å²) in [5, 5.41) is 2.17. The zero-order valence-corrected chi connectivity index (χ0v) is 17.7. The second kappa shape index (κ2) is 9.94. The Morgan fingerprint density at radius 3 is 2.39 bits per heavy atom. The van der Waals surface area contributed by atoms with Crippen molar-refractivity contribution in [2.24, 2.45) is 0 Å². The molecule has 1 N–H and O–H groups in total. The van der Waals surface area contributed by atoms with Crippen molar-refractivity contribution in [2.75, 3.05) is 25.6 Å². The number of esters is 1. The highest BCUT2D eigenvalue weighted by Crippen LogP contribution is 2.32. The van der Waals surface area contributed by atoms with E-state index in [0.717, 1.165) is 22.2 Å². The number of anilines is 1. The maximum absolute atomic E-state index is 12.6. The molecule has 0 radical (unpaired) electrons. The lowest BCUT2D eigenvalue weighted by Crippen LogP contribution is -2.36. The van der Waals surface area contributed by atoms with Crippen LogP contribution in [-0.4, -0.2) is 48.2 Å². The van der Waals surface area contributed by atoms with Gasteiger partial charge in [-0.1, -0.05) is 29.8 Å². The molecule has 31 heavy (non-hydrogen) atoms. The van der Waals surface area contributed by atoms with E-state index in [1.807, 2.05) is 19.1 Å². The van der Waals surface area contributed by atoms with E-state index >= 15 is 0 Å². The third-order valence-corrected chi connectivity index (χ3v) is 5.18. The maximum Gasteiger partial charge on any atom is 0.343 e. The lowest BCUT2D eigenvalue weighted by atomic mass is 10.2. The largest absolute Gasteiger partial charge is 0.482 e. The molecule has 0 atom stereocenters. The zero-order valence-electron chi connectivity index (χ0n) is 16.9. The molecular formula is C22H20N2O6S. The first-order valence-electron chi connectivity index (χ1n) is 9.27. The number of hydrogen-bond acceptors (Lipinski definition) is 7. The summed E-state index contributed by atoms with van der Waals surface area (Å²) in [6.07, 6.45) is 1.56. The van der Waals surface area contributed by atoms with E-state index in [9.17, 15) is 19.2 Å². The molecule has 1 saturated heterocycles. The van der Waals surface area contributed by atoms with Crippen LogP contribution in [0.1, 0.15) is 11.1 Å². The van der Waals surface area contributed by atoms with Crippen LogP contribution < -0.4 is 10.1 Å². The number of aryl methyl sites for hydroxylation is 1. The van der Waals surface area contributed by atoms with E-state index in [-0.39, 0.29) is 18.1 Å². The molecule has 1 aliphatic heterocycles. The van der Waals surface area contributed by atoms with Crippen LogP contribution in [0.15, 0.2) is 53.4 Å². The first kappa shape index (κ1) is 22.1. The molecule has 0 bridgehead atoms. The SMILES string of the molecule is COC(=O)COc1ccc(/C=C2\SC(=O)N(CC(=O)Nc3ccc(C)cc3)C2=O)cc1. The molecule has 2 aromatic carbocycles. The smallest absolute Gasteiger partial charge is 0.343 e. The van der Waals surface area contributed by atoms with Gasteiger partial charge in [0.1, 0.15) is 12.3 Å². The Balaban J connectivity index is 1.61. The summed E-state index contributed by atoms with van der Waals surface area (Å²) in [4.78, 5) is 49.3. The molecule has 3 amide bonds. The number of nitrogens with zero attached hydrogens (tertiary/aromatic N) is 1. The van der Waals surface area contributed by atoms with Gasteiger partial charge in [0.15, 0.2) is 6.61 Å². The minimum atomic E-state index is -0.528. The first-order valence-corrected chi connectivity index (χ1v) is 10.1. The number of methoxy groups -OCH3 is 1. The van der Waals surface area contributed by atoms with Gasteiger partial charge in [0, 0.05) is 5.69 Å². The van der Waals surface area contributed by atoms with E-state index in [2.05, 4.69) is 10.1 Å². The Morgan fingerprint density at radius 1 is 1.06 bits per heavy atom. The predicted molar refractivity (Wildman–Crippen MR) is 116 cm³/mol. The molecule has 160 valence electrons. The zero-order chi connectivity index (χ0) is 22.4. The molecule has 2 aromatic rings. The van der Waals surface area contributed by atoms with E-state index < -0.39 is 23.0 Å². The van der Waals surface area contributed by atoms with Crippen LogP contribution in [0.2, 0.25) is 0 Å². The number of nitrogens with one attached hydrogen (secondary N) is 1. The quantitative estimate of drug-likeness (QED) is 0.521. The molecule has 3 rings (SSSR count). The Hall–Kier alpha value is -3.59. The molecule has 8 nitrogen and oxygen atoms in total. The summed E-state index contributed by atoms with van der Waals surface area (Å²) < 4.78 is 9.77. The monoisotopic (exact) mass is 440 g/mol. The molecular weight excluding hydrogens is 420 g/mol. The van der Waals surface area contributed by atoms with E-state index in [4.69, 9.17) is 4.74 Å². The number of hydrogen-bond donors (Lipinski definition) is 1. The number of rotatable bonds is 7. The summed E-state index contributed by atoms with van der Waals surface area (Å²) in [5.41, 5.74) is 2.31. The molecule has 0 unspecified atom stereocenters. The van der Waals surface area contributed by atoms with Crippen molar-refractivity contribution in [3.05, 3.63) is 64.6 Å². The fourth-order valence-electron chi connectivity index (χ4n) is 2.63. The highest BCUT2D eigenvalue weighted by Gasteiger charge is 2.36. The molecule has 0 aromatic heterocycles. The Bertz CT molecular complexity index is 1030. The number of thioether (sulfide) groups is 1. The third-order valence-electron chi connectivity index (χ3n) is 4.27. The number of imide groups is 1. The van der Waals surface area contributed by atoms with Crippen LogP contribution in [-0.2, 0) is 19.1 Å². The summed E-state index contributed by atoms with van der Waals surface area (Å²) in [6, 6.07) is 13.8. The molecule has 0 saturated carbocycles. The fourth-order valence-corrected chi connectivity index (χ4v) is 3.47. The molecule has 1 aliphatic rings. The van der Waals surface area contributed by atoms with E-state index in [1.54, 1.807) is 42.5 Å². The summed E-state index contributed by atoms with van der Waals surface area (Å²) in [5.74, 6) is -1.02. The van der Waals surface area contributed by atoms with Gasteiger partial charge < -0.3 is 14.8 Å². The molecule has 9 heteroatoms.